The molecule has 0 saturated carbocycles. The lowest BCUT2D eigenvalue weighted by Gasteiger charge is -1.99. The number of carbonyl (C=O) groups is 1. The zero-order valence-corrected chi connectivity index (χ0v) is 5.60. The first-order valence-corrected chi connectivity index (χ1v) is 2.29. The van der Waals surface area contributed by atoms with Crippen LogP contribution in [0.2, 0.25) is 0 Å². The van der Waals surface area contributed by atoms with Crippen molar-refractivity contribution in [2.24, 2.45) is 5.73 Å². The lowest BCUT2D eigenvalue weighted by atomic mass is 10.3. The summed E-state index contributed by atoms with van der Waals surface area (Å²) in [5.41, 5.74) is 4.94. The molecule has 0 aliphatic heterocycles. The van der Waals surface area contributed by atoms with Gasteiger partial charge >= 0.3 is 5.97 Å². The minimum Gasteiger partial charge on any atom is -0.479 e. The average molecular weight is 156 g/mol. The van der Waals surface area contributed by atoms with Gasteiger partial charge in [0.1, 0.15) is 0 Å². The highest BCUT2D eigenvalue weighted by atomic mass is 35.5. The van der Waals surface area contributed by atoms with Crippen molar-refractivity contribution in [3.63, 3.8) is 0 Å². The number of hydrogen-bond donors (Lipinski definition) is 3. The molecule has 0 fully saturated rings. The van der Waals surface area contributed by atoms with E-state index in [0.717, 1.165) is 0 Å². The van der Waals surface area contributed by atoms with Crippen LogP contribution in [0.4, 0.5) is 0 Å². The first kappa shape index (κ1) is 11.5. The van der Waals surface area contributed by atoms with Crippen LogP contribution >= 0.6 is 12.4 Å². The Hall–Kier alpha value is -0.320. The van der Waals surface area contributed by atoms with Crippen molar-refractivity contribution in [1.82, 2.24) is 0 Å². The quantitative estimate of drug-likeness (QED) is 0.499. The summed E-state index contributed by atoms with van der Waals surface area (Å²) in [7, 11) is 0. The number of nitrogens with two attached hydrogens (primary N) is 1. The molecule has 0 heterocycles. The van der Waals surface area contributed by atoms with Gasteiger partial charge in [-0.05, 0) is 13.0 Å². The van der Waals surface area contributed by atoms with E-state index in [0.29, 0.717) is 0 Å². The summed E-state index contributed by atoms with van der Waals surface area (Å²) in [5, 5.41) is 16.5. The van der Waals surface area contributed by atoms with Gasteiger partial charge in [0.25, 0.3) is 0 Å². The number of aliphatic carboxylic acids is 1. The van der Waals surface area contributed by atoms with Gasteiger partial charge in [0, 0.05) is 0 Å². The largest absolute Gasteiger partial charge is 0.479 e. The third-order valence-corrected chi connectivity index (χ3v) is 0.725. The van der Waals surface area contributed by atoms with E-state index in [1.165, 1.54) is 0 Å². The van der Waals surface area contributed by atoms with Crippen molar-refractivity contribution >= 4 is 18.4 Å². The molecule has 0 aliphatic carbocycles. The van der Waals surface area contributed by atoms with Crippen LogP contribution in [0.3, 0.4) is 0 Å². The van der Waals surface area contributed by atoms with Gasteiger partial charge in [0.15, 0.2) is 6.10 Å². The Balaban J connectivity index is 0. The van der Waals surface area contributed by atoms with E-state index >= 15 is 0 Å². The van der Waals surface area contributed by atoms with Crippen molar-refractivity contribution < 1.29 is 15.0 Å². The van der Waals surface area contributed by atoms with E-state index in [1.54, 1.807) is 0 Å². The second-order valence-corrected chi connectivity index (χ2v) is 1.43. The molecule has 0 saturated heterocycles. The average Bonchev–Trinajstić information content (AvgIpc) is 1.67. The maximum atomic E-state index is 9.78. The van der Waals surface area contributed by atoms with Gasteiger partial charge in [0.2, 0.25) is 0 Å². The molecular weight excluding hydrogens is 146 g/mol. The summed E-state index contributed by atoms with van der Waals surface area (Å²) >= 11 is 0. The molecule has 1 atom stereocenters. The Labute approximate surface area is 59.1 Å². The summed E-state index contributed by atoms with van der Waals surface area (Å²) < 4.78 is 0. The van der Waals surface area contributed by atoms with Crippen molar-refractivity contribution in [1.29, 1.82) is 0 Å². The maximum Gasteiger partial charge on any atom is 0.332 e. The second kappa shape index (κ2) is 5.81. The first-order chi connectivity index (χ1) is 3.68. The van der Waals surface area contributed by atoms with E-state index in [-0.39, 0.29) is 25.4 Å². The molecule has 0 bridgehead atoms. The molecule has 4 nitrogen and oxygen atoms in total. The topological polar surface area (TPSA) is 83.5 Å². The van der Waals surface area contributed by atoms with Crippen molar-refractivity contribution in [2.75, 3.05) is 6.54 Å². The lowest BCUT2D eigenvalue weighted by molar-refractivity contribution is -0.146. The van der Waals surface area contributed by atoms with Crippen LogP contribution in [-0.2, 0) is 4.79 Å². The summed E-state index contributed by atoms with van der Waals surface area (Å²) in [6.07, 6.45) is -1.17. The van der Waals surface area contributed by atoms with E-state index in [4.69, 9.17) is 15.9 Å². The van der Waals surface area contributed by atoms with E-state index in [2.05, 4.69) is 0 Å². The molecule has 0 spiro atoms. The van der Waals surface area contributed by atoms with Gasteiger partial charge in [-0.1, -0.05) is 0 Å². The molecule has 0 radical (unpaired) electrons. The Morgan fingerprint density at radius 1 is 1.67 bits per heavy atom. The summed E-state index contributed by atoms with van der Waals surface area (Å²) in [4.78, 5) is 9.78. The van der Waals surface area contributed by atoms with Crippen molar-refractivity contribution in [3.05, 3.63) is 0 Å². The fourth-order valence-corrected chi connectivity index (χ4v) is 0.281. The highest BCUT2D eigenvalue weighted by Gasteiger charge is 2.09. The molecule has 0 aliphatic rings. The van der Waals surface area contributed by atoms with Crippen LogP contribution in [0, 0.1) is 0 Å². The van der Waals surface area contributed by atoms with Crippen molar-refractivity contribution in [2.45, 2.75) is 12.5 Å². The van der Waals surface area contributed by atoms with Crippen LogP contribution in [0.25, 0.3) is 0 Å². The molecule has 9 heavy (non-hydrogen) atoms. The van der Waals surface area contributed by atoms with Crippen LogP contribution in [0.1, 0.15) is 6.42 Å². The SMILES string of the molecule is Cl.NCC[C@H](O)C(=O)O. The van der Waals surface area contributed by atoms with Gasteiger partial charge in [0.05, 0.1) is 0 Å². The second-order valence-electron chi connectivity index (χ2n) is 1.43. The molecule has 5 heteroatoms. The maximum absolute atomic E-state index is 9.78. The van der Waals surface area contributed by atoms with Gasteiger partial charge in [-0.25, -0.2) is 4.79 Å². The molecule has 0 amide bonds. The van der Waals surface area contributed by atoms with E-state index in [9.17, 15) is 4.79 Å². The predicted octanol–water partition coefficient (Wildman–Crippen LogP) is -0.798. The first-order valence-electron chi connectivity index (χ1n) is 2.29. The Kier molecular flexibility index (Phi) is 7.41. The zero-order chi connectivity index (χ0) is 6.57. The Bertz CT molecular complexity index is 87.9. The number of hydrogen-bond acceptors (Lipinski definition) is 3. The standard InChI is InChI=1S/C4H9NO3.ClH/c5-2-1-3(6)4(7)8;/h3,6H,1-2,5H2,(H,7,8);1H/t3-;/m0./s1. The molecule has 0 aromatic heterocycles. The molecule has 0 unspecified atom stereocenters. The van der Waals surface area contributed by atoms with Crippen LogP contribution in [0.15, 0.2) is 0 Å². The van der Waals surface area contributed by atoms with E-state index < -0.39 is 12.1 Å². The highest BCUT2D eigenvalue weighted by molar-refractivity contribution is 5.85. The number of rotatable bonds is 3. The molecule has 56 valence electrons. The normalized spacial score (nSPS) is 11.8. The predicted molar refractivity (Wildman–Crippen MR) is 34.6 cm³/mol. The van der Waals surface area contributed by atoms with Gasteiger partial charge in [-0.3, -0.25) is 0 Å². The summed E-state index contributed by atoms with van der Waals surface area (Å²) in [5.74, 6) is -1.21. The summed E-state index contributed by atoms with van der Waals surface area (Å²) in [6, 6.07) is 0. The molecule has 4 N–H and O–H groups in total. The van der Waals surface area contributed by atoms with Gasteiger partial charge < -0.3 is 15.9 Å². The van der Waals surface area contributed by atoms with Gasteiger partial charge in [-0.15, -0.1) is 12.4 Å². The third kappa shape index (κ3) is 5.55. The van der Waals surface area contributed by atoms with Crippen LogP contribution in [-0.4, -0.2) is 28.8 Å². The molecule has 0 aromatic rings. The summed E-state index contributed by atoms with van der Waals surface area (Å²) in [6.45, 7) is 0.202. The monoisotopic (exact) mass is 155 g/mol. The van der Waals surface area contributed by atoms with Gasteiger partial charge in [-0.2, -0.15) is 0 Å². The number of carboxylic acids is 1. The number of halogens is 1. The number of carboxylic acid groups (broad SMARTS) is 1. The van der Waals surface area contributed by atoms with Crippen LogP contribution < -0.4 is 5.73 Å². The smallest absolute Gasteiger partial charge is 0.332 e. The molecule has 0 rings (SSSR count). The lowest BCUT2D eigenvalue weighted by Crippen LogP contribution is -2.22. The minimum atomic E-state index is -1.29. The van der Waals surface area contributed by atoms with Crippen molar-refractivity contribution in [3.8, 4) is 0 Å². The highest BCUT2D eigenvalue weighted by Crippen LogP contribution is 1.86. The van der Waals surface area contributed by atoms with E-state index in [1.807, 2.05) is 0 Å². The zero-order valence-electron chi connectivity index (χ0n) is 4.78. The number of aliphatic hydroxyl groups excluding tert-OH is 1. The minimum absolute atomic E-state index is 0. The number of aliphatic hydroxyl groups is 1. The molecule has 0 aromatic carbocycles. The Morgan fingerprint density at radius 3 is 2.22 bits per heavy atom. The Morgan fingerprint density at radius 2 is 2.11 bits per heavy atom. The third-order valence-electron chi connectivity index (χ3n) is 0.725. The molecular formula is C4H10ClNO3. The van der Waals surface area contributed by atoms with Crippen LogP contribution in [0.5, 0.6) is 0 Å². The fraction of sp³-hybridized carbons (Fsp3) is 0.750. The fourth-order valence-electron chi connectivity index (χ4n) is 0.281.